The molecule has 1 saturated carbocycles. The third-order valence-corrected chi connectivity index (χ3v) is 5.06. The van der Waals surface area contributed by atoms with E-state index < -0.39 is 0 Å². The number of hydrogen-bond acceptors (Lipinski definition) is 3. The van der Waals surface area contributed by atoms with Gasteiger partial charge in [-0.05, 0) is 43.6 Å². The molecule has 0 aliphatic heterocycles. The van der Waals surface area contributed by atoms with Crippen LogP contribution in [0.1, 0.15) is 68.6 Å². The van der Waals surface area contributed by atoms with Crippen molar-refractivity contribution >= 4 is 34.8 Å². The van der Waals surface area contributed by atoms with Crippen LogP contribution < -0.4 is 10.6 Å². The molecule has 0 bridgehead atoms. The van der Waals surface area contributed by atoms with Crippen molar-refractivity contribution in [2.75, 3.05) is 12.4 Å². The van der Waals surface area contributed by atoms with Gasteiger partial charge in [-0.25, -0.2) is 0 Å². The minimum Gasteiger partial charge on any atom is -0.339 e. The fraction of sp³-hybridized carbons (Fsp3) is 0.550. The highest BCUT2D eigenvalue weighted by atomic mass is 32.1. The molecule has 0 unspecified atom stereocenters. The number of amides is 2. The number of nitrogens with zero attached hydrogens (tertiary/aromatic N) is 1. The topological polar surface area (TPSA) is 61.4 Å². The number of carbonyl (C=O) groups is 2. The van der Waals surface area contributed by atoms with E-state index in [1.54, 1.807) is 6.07 Å². The minimum absolute atomic E-state index is 0.0138. The molecular weight excluding hydrogens is 346 g/mol. The van der Waals surface area contributed by atoms with Gasteiger partial charge in [-0.3, -0.25) is 9.59 Å². The van der Waals surface area contributed by atoms with Crippen LogP contribution in [0.5, 0.6) is 0 Å². The summed E-state index contributed by atoms with van der Waals surface area (Å²) in [5, 5.41) is 5.92. The largest absolute Gasteiger partial charge is 0.339 e. The first-order valence-electron chi connectivity index (χ1n) is 9.50. The summed E-state index contributed by atoms with van der Waals surface area (Å²) < 4.78 is 0. The Morgan fingerprint density at radius 2 is 1.88 bits per heavy atom. The third kappa shape index (κ3) is 5.80. The van der Waals surface area contributed by atoms with Crippen LogP contribution >= 0.6 is 12.2 Å². The molecule has 1 aliphatic carbocycles. The quantitative estimate of drug-likeness (QED) is 0.735. The Bertz CT molecular complexity index is 642. The summed E-state index contributed by atoms with van der Waals surface area (Å²) >= 11 is 5.23. The van der Waals surface area contributed by atoms with E-state index in [0.29, 0.717) is 23.7 Å². The monoisotopic (exact) mass is 375 g/mol. The average Bonchev–Trinajstić information content (AvgIpc) is 2.66. The van der Waals surface area contributed by atoms with Crippen LogP contribution in [-0.2, 0) is 4.79 Å². The molecule has 5 nitrogen and oxygen atoms in total. The van der Waals surface area contributed by atoms with Gasteiger partial charge in [0.2, 0.25) is 5.91 Å². The minimum atomic E-state index is -0.104. The molecule has 1 aromatic carbocycles. The predicted molar refractivity (Wildman–Crippen MR) is 109 cm³/mol. The number of thiocarbonyl (C=S) groups is 1. The van der Waals surface area contributed by atoms with Crippen molar-refractivity contribution < 1.29 is 9.59 Å². The van der Waals surface area contributed by atoms with Crippen molar-refractivity contribution in [1.29, 1.82) is 0 Å². The number of benzene rings is 1. The van der Waals surface area contributed by atoms with E-state index in [-0.39, 0.29) is 16.9 Å². The van der Waals surface area contributed by atoms with E-state index >= 15 is 0 Å². The fourth-order valence-electron chi connectivity index (χ4n) is 3.28. The second kappa shape index (κ2) is 10.3. The summed E-state index contributed by atoms with van der Waals surface area (Å²) in [6.45, 7) is 2.04. The normalized spacial score (nSPS) is 14.5. The van der Waals surface area contributed by atoms with E-state index in [1.165, 1.54) is 19.3 Å². The maximum atomic E-state index is 13.0. The summed E-state index contributed by atoms with van der Waals surface area (Å²) in [5.74, 6) is -0.118. The molecule has 2 rings (SSSR count). The molecule has 0 atom stereocenters. The van der Waals surface area contributed by atoms with Crippen LogP contribution in [0.15, 0.2) is 24.3 Å². The molecular formula is C20H29N3O2S. The van der Waals surface area contributed by atoms with Gasteiger partial charge in [-0.2, -0.15) is 0 Å². The smallest absolute Gasteiger partial charge is 0.255 e. The lowest BCUT2D eigenvalue weighted by molar-refractivity contribution is -0.119. The lowest BCUT2D eigenvalue weighted by atomic mass is 9.94. The van der Waals surface area contributed by atoms with Crippen molar-refractivity contribution in [2.24, 2.45) is 0 Å². The SMILES string of the molecule is CCCCC(=O)NC(=S)Nc1ccccc1C(=O)N(C)C1CCCCC1. The summed E-state index contributed by atoms with van der Waals surface area (Å²) in [4.78, 5) is 26.6. The lowest BCUT2D eigenvalue weighted by Gasteiger charge is -2.31. The van der Waals surface area contributed by atoms with Gasteiger partial charge in [0.15, 0.2) is 5.11 Å². The van der Waals surface area contributed by atoms with Crippen molar-refractivity contribution in [2.45, 2.75) is 64.3 Å². The summed E-state index contributed by atoms with van der Waals surface area (Å²) in [5.41, 5.74) is 1.20. The van der Waals surface area contributed by atoms with Crippen LogP contribution in [0.4, 0.5) is 5.69 Å². The molecule has 0 radical (unpaired) electrons. The van der Waals surface area contributed by atoms with E-state index in [4.69, 9.17) is 12.2 Å². The molecule has 6 heteroatoms. The maximum absolute atomic E-state index is 13.0. The molecule has 1 fully saturated rings. The van der Waals surface area contributed by atoms with Gasteiger partial charge in [-0.15, -0.1) is 0 Å². The second-order valence-corrected chi connectivity index (χ2v) is 7.27. The molecule has 1 aliphatic rings. The lowest BCUT2D eigenvalue weighted by Crippen LogP contribution is -2.39. The van der Waals surface area contributed by atoms with Gasteiger partial charge < -0.3 is 15.5 Å². The number of para-hydroxylation sites is 1. The van der Waals surface area contributed by atoms with Crippen molar-refractivity contribution in [1.82, 2.24) is 10.2 Å². The van der Waals surface area contributed by atoms with E-state index in [1.807, 2.05) is 37.1 Å². The zero-order valence-electron chi connectivity index (χ0n) is 15.7. The molecule has 0 spiro atoms. The Labute approximate surface area is 161 Å². The van der Waals surface area contributed by atoms with Crippen LogP contribution in [0, 0.1) is 0 Å². The number of nitrogens with one attached hydrogen (secondary N) is 2. The Hall–Kier alpha value is -1.95. The van der Waals surface area contributed by atoms with Crippen molar-refractivity contribution in [3.63, 3.8) is 0 Å². The molecule has 0 saturated heterocycles. The van der Waals surface area contributed by atoms with Gasteiger partial charge in [-0.1, -0.05) is 44.7 Å². The summed E-state index contributed by atoms with van der Waals surface area (Å²) in [6.07, 6.45) is 7.96. The fourth-order valence-corrected chi connectivity index (χ4v) is 3.51. The Balaban J connectivity index is 2.03. The number of anilines is 1. The Kier molecular flexibility index (Phi) is 8.04. The number of hydrogen-bond donors (Lipinski definition) is 2. The molecule has 0 heterocycles. The number of rotatable bonds is 6. The predicted octanol–water partition coefficient (Wildman–Crippen LogP) is 4.09. The highest BCUT2D eigenvalue weighted by Gasteiger charge is 2.24. The Morgan fingerprint density at radius 1 is 1.19 bits per heavy atom. The second-order valence-electron chi connectivity index (χ2n) is 6.86. The molecule has 1 aromatic rings. The first-order valence-corrected chi connectivity index (χ1v) is 9.90. The number of unbranched alkanes of at least 4 members (excludes halogenated alkanes) is 1. The van der Waals surface area contributed by atoms with Crippen molar-refractivity contribution in [3.8, 4) is 0 Å². The molecule has 26 heavy (non-hydrogen) atoms. The van der Waals surface area contributed by atoms with E-state index in [9.17, 15) is 9.59 Å². The standard InChI is InChI=1S/C20H29N3O2S/c1-3-4-14-18(24)22-20(26)21-17-13-9-8-12-16(17)19(25)23(2)15-10-6-5-7-11-15/h8-9,12-13,15H,3-7,10-11,14H2,1-2H3,(H2,21,22,24,26). The van der Waals surface area contributed by atoms with Crippen LogP contribution in [0.2, 0.25) is 0 Å². The zero-order chi connectivity index (χ0) is 18.9. The molecule has 142 valence electrons. The van der Waals surface area contributed by atoms with Crippen LogP contribution in [0.25, 0.3) is 0 Å². The summed E-state index contributed by atoms with van der Waals surface area (Å²) in [6, 6.07) is 7.60. The van der Waals surface area contributed by atoms with Crippen LogP contribution in [-0.4, -0.2) is 34.9 Å². The van der Waals surface area contributed by atoms with Gasteiger partial charge in [0.05, 0.1) is 11.3 Å². The van der Waals surface area contributed by atoms with Crippen LogP contribution in [0.3, 0.4) is 0 Å². The zero-order valence-corrected chi connectivity index (χ0v) is 16.5. The van der Waals surface area contributed by atoms with Gasteiger partial charge in [0.1, 0.15) is 0 Å². The first-order chi connectivity index (χ1) is 12.5. The third-order valence-electron chi connectivity index (χ3n) is 4.86. The van der Waals surface area contributed by atoms with E-state index in [0.717, 1.165) is 25.7 Å². The molecule has 2 amide bonds. The average molecular weight is 376 g/mol. The van der Waals surface area contributed by atoms with Crippen molar-refractivity contribution in [3.05, 3.63) is 29.8 Å². The maximum Gasteiger partial charge on any atom is 0.255 e. The molecule has 2 N–H and O–H groups in total. The first kappa shape index (κ1) is 20.4. The Morgan fingerprint density at radius 3 is 2.58 bits per heavy atom. The summed E-state index contributed by atoms with van der Waals surface area (Å²) in [7, 11) is 1.87. The van der Waals surface area contributed by atoms with E-state index in [2.05, 4.69) is 10.6 Å². The highest BCUT2D eigenvalue weighted by Crippen LogP contribution is 2.25. The molecule has 0 aromatic heterocycles. The van der Waals surface area contributed by atoms with Gasteiger partial charge in [0, 0.05) is 19.5 Å². The van der Waals surface area contributed by atoms with Gasteiger partial charge in [0.25, 0.3) is 5.91 Å². The number of carbonyl (C=O) groups excluding carboxylic acids is 2. The van der Waals surface area contributed by atoms with Gasteiger partial charge >= 0.3 is 0 Å². The highest BCUT2D eigenvalue weighted by molar-refractivity contribution is 7.80.